The van der Waals surface area contributed by atoms with Gasteiger partial charge in [-0.2, -0.15) is 0 Å². The maximum absolute atomic E-state index is 2.53. The van der Waals surface area contributed by atoms with E-state index in [4.69, 9.17) is 0 Å². The summed E-state index contributed by atoms with van der Waals surface area (Å²) in [5.74, 6) is 0. The van der Waals surface area contributed by atoms with Gasteiger partial charge in [0.2, 0.25) is 0 Å². The number of anilines is 2. The van der Waals surface area contributed by atoms with Gasteiger partial charge >= 0.3 is 0 Å². The molecule has 3 aromatic carbocycles. The van der Waals surface area contributed by atoms with Crippen LogP contribution < -0.4 is 9.80 Å². The number of allylic oxidation sites excluding steroid dienone is 3. The summed E-state index contributed by atoms with van der Waals surface area (Å²) in [6.45, 7) is 4.31. The predicted molar refractivity (Wildman–Crippen MR) is 141 cm³/mol. The summed E-state index contributed by atoms with van der Waals surface area (Å²) in [5.41, 5.74) is 8.54. The van der Waals surface area contributed by atoms with E-state index in [1.54, 1.807) is 0 Å². The Bertz CT molecular complexity index is 1100. The van der Waals surface area contributed by atoms with Gasteiger partial charge < -0.3 is 9.80 Å². The Hall–Kier alpha value is -3.26. The molecule has 3 aromatic rings. The van der Waals surface area contributed by atoms with Gasteiger partial charge in [-0.3, -0.25) is 0 Å². The van der Waals surface area contributed by atoms with Crippen molar-refractivity contribution in [1.82, 2.24) is 0 Å². The minimum absolute atomic E-state index is 1.01. The third-order valence-corrected chi connectivity index (χ3v) is 6.87. The summed E-state index contributed by atoms with van der Waals surface area (Å²) < 4.78 is 0. The Morgan fingerprint density at radius 1 is 0.667 bits per heavy atom. The second-order valence-electron chi connectivity index (χ2n) is 9.22. The molecule has 2 heteroatoms. The molecule has 168 valence electrons. The van der Waals surface area contributed by atoms with Crippen molar-refractivity contribution < 1.29 is 0 Å². The highest BCUT2D eigenvalue weighted by molar-refractivity contribution is 5.50. The molecular formula is C31H34N2. The van der Waals surface area contributed by atoms with E-state index in [9.17, 15) is 0 Å². The van der Waals surface area contributed by atoms with E-state index < -0.39 is 0 Å². The van der Waals surface area contributed by atoms with Gasteiger partial charge in [-0.1, -0.05) is 72.8 Å². The zero-order chi connectivity index (χ0) is 22.3. The maximum Gasteiger partial charge on any atom is 0.0432 e. The lowest BCUT2D eigenvalue weighted by atomic mass is 9.94. The van der Waals surface area contributed by atoms with Crippen LogP contribution in [0.2, 0.25) is 0 Å². The van der Waals surface area contributed by atoms with Crippen LogP contribution >= 0.6 is 0 Å². The fourth-order valence-electron chi connectivity index (χ4n) is 5.06. The first-order valence-electron chi connectivity index (χ1n) is 12.4. The van der Waals surface area contributed by atoms with Gasteiger partial charge in [-0.05, 0) is 78.6 Å². The molecule has 33 heavy (non-hydrogen) atoms. The number of para-hydroxylation sites is 2. The molecule has 0 atom stereocenters. The molecular weight excluding hydrogens is 400 g/mol. The molecule has 0 unspecified atom stereocenters. The number of nitrogens with zero attached hydrogens (tertiary/aromatic N) is 2. The second kappa shape index (κ2) is 10.6. The summed E-state index contributed by atoms with van der Waals surface area (Å²) in [5, 5.41) is 0. The van der Waals surface area contributed by atoms with Gasteiger partial charge in [0, 0.05) is 37.6 Å². The Labute approximate surface area is 198 Å². The van der Waals surface area contributed by atoms with E-state index in [1.165, 1.54) is 40.1 Å². The number of hydrogen-bond donors (Lipinski definition) is 0. The van der Waals surface area contributed by atoms with Crippen LogP contribution in [0.25, 0.3) is 0 Å². The fraction of sp³-hybridized carbons (Fsp3) is 0.290. The molecule has 0 N–H and O–H groups in total. The van der Waals surface area contributed by atoms with E-state index in [0.717, 1.165) is 51.9 Å². The van der Waals surface area contributed by atoms with Gasteiger partial charge in [0.15, 0.2) is 0 Å². The van der Waals surface area contributed by atoms with Crippen LogP contribution in [-0.2, 0) is 19.4 Å². The monoisotopic (exact) mass is 434 g/mol. The Morgan fingerprint density at radius 3 is 2.21 bits per heavy atom. The maximum atomic E-state index is 2.53. The molecule has 0 fully saturated rings. The normalized spacial score (nSPS) is 19.3. The standard InChI is InChI=1S/C31H34N2/c1-5-13-30(14-6-1)32-20-9-3-4-11-26(12-10-21-32)23-27-17-18-28-19-22-33(25-29(28)24-27)31-15-7-2-8-16-31/h1-2,4-8,11-18,24H,3,9-10,19-23,25H2/b11-4-,26-12+. The van der Waals surface area contributed by atoms with E-state index in [-0.39, 0.29) is 0 Å². The Morgan fingerprint density at radius 2 is 1.42 bits per heavy atom. The fourth-order valence-corrected chi connectivity index (χ4v) is 5.06. The smallest absolute Gasteiger partial charge is 0.0432 e. The van der Waals surface area contributed by atoms with Crippen molar-refractivity contribution in [1.29, 1.82) is 0 Å². The second-order valence-corrected chi connectivity index (χ2v) is 9.22. The minimum atomic E-state index is 1.01. The van der Waals surface area contributed by atoms with Crippen molar-refractivity contribution in [2.24, 2.45) is 0 Å². The van der Waals surface area contributed by atoms with Crippen LogP contribution in [-0.4, -0.2) is 19.6 Å². The molecule has 5 rings (SSSR count). The molecule has 2 aliphatic heterocycles. The third kappa shape index (κ3) is 5.57. The molecule has 2 nitrogen and oxygen atoms in total. The van der Waals surface area contributed by atoms with Crippen molar-refractivity contribution in [3.63, 3.8) is 0 Å². The van der Waals surface area contributed by atoms with Crippen LogP contribution in [0.15, 0.2) is 103 Å². The molecule has 0 saturated carbocycles. The molecule has 0 bridgehead atoms. The highest BCUT2D eigenvalue weighted by Gasteiger charge is 2.17. The van der Waals surface area contributed by atoms with Crippen molar-refractivity contribution in [2.75, 3.05) is 29.4 Å². The third-order valence-electron chi connectivity index (χ3n) is 6.87. The molecule has 0 radical (unpaired) electrons. The first-order chi connectivity index (χ1) is 16.3. The van der Waals surface area contributed by atoms with Gasteiger partial charge in [0.05, 0.1) is 0 Å². The molecule has 0 saturated heterocycles. The number of rotatable bonds is 4. The van der Waals surface area contributed by atoms with Crippen molar-refractivity contribution in [3.05, 3.63) is 119 Å². The summed E-state index contributed by atoms with van der Waals surface area (Å²) in [4.78, 5) is 5.04. The van der Waals surface area contributed by atoms with Crippen molar-refractivity contribution in [3.8, 4) is 0 Å². The zero-order valence-corrected chi connectivity index (χ0v) is 19.5. The van der Waals surface area contributed by atoms with E-state index in [2.05, 4.69) is 107 Å². The lowest BCUT2D eigenvalue weighted by Gasteiger charge is -2.31. The zero-order valence-electron chi connectivity index (χ0n) is 19.5. The molecule has 0 amide bonds. The number of benzene rings is 3. The minimum Gasteiger partial charge on any atom is -0.371 e. The Balaban J connectivity index is 1.28. The highest BCUT2D eigenvalue weighted by Crippen LogP contribution is 2.26. The number of hydrogen-bond acceptors (Lipinski definition) is 2. The summed E-state index contributed by atoms with van der Waals surface area (Å²) >= 11 is 0. The molecule has 2 aliphatic rings. The largest absolute Gasteiger partial charge is 0.371 e. The van der Waals surface area contributed by atoms with E-state index >= 15 is 0 Å². The van der Waals surface area contributed by atoms with E-state index in [0.29, 0.717) is 0 Å². The van der Waals surface area contributed by atoms with Crippen LogP contribution in [0.1, 0.15) is 36.0 Å². The van der Waals surface area contributed by atoms with E-state index in [1.807, 2.05) is 0 Å². The van der Waals surface area contributed by atoms with Gasteiger partial charge in [-0.25, -0.2) is 0 Å². The lowest BCUT2D eigenvalue weighted by molar-refractivity contribution is 0.729. The average Bonchev–Trinajstić information content (AvgIpc) is 2.88. The predicted octanol–water partition coefficient (Wildman–Crippen LogP) is 6.96. The SMILES string of the molecule is C1=C\C(Cc2ccc3c(c2)CN(c2ccccc2)CC3)=C/CCN(c2ccccc2)CCC/1. The molecule has 2 heterocycles. The van der Waals surface area contributed by atoms with Gasteiger partial charge in [0.25, 0.3) is 0 Å². The first kappa shape index (κ1) is 21.6. The van der Waals surface area contributed by atoms with Crippen molar-refractivity contribution >= 4 is 11.4 Å². The highest BCUT2D eigenvalue weighted by atomic mass is 15.1. The van der Waals surface area contributed by atoms with Gasteiger partial charge in [-0.15, -0.1) is 0 Å². The van der Waals surface area contributed by atoms with Crippen molar-refractivity contribution in [2.45, 2.75) is 38.6 Å². The molecule has 0 aliphatic carbocycles. The average molecular weight is 435 g/mol. The van der Waals surface area contributed by atoms with Crippen LogP contribution in [0.3, 0.4) is 0 Å². The van der Waals surface area contributed by atoms with Crippen LogP contribution in [0, 0.1) is 0 Å². The first-order valence-corrected chi connectivity index (χ1v) is 12.4. The van der Waals surface area contributed by atoms with Gasteiger partial charge in [0.1, 0.15) is 0 Å². The molecule has 0 aromatic heterocycles. The number of fused-ring (bicyclic) bond motifs is 1. The quantitative estimate of drug-likeness (QED) is 0.438. The topological polar surface area (TPSA) is 6.48 Å². The summed E-state index contributed by atoms with van der Waals surface area (Å²) in [6.07, 6.45) is 12.8. The van der Waals surface area contributed by atoms with Crippen LogP contribution in [0.5, 0.6) is 0 Å². The Kier molecular flexibility index (Phi) is 6.91. The summed E-state index contributed by atoms with van der Waals surface area (Å²) in [6, 6.07) is 28.8. The molecule has 0 spiro atoms. The van der Waals surface area contributed by atoms with Crippen LogP contribution in [0.4, 0.5) is 11.4 Å². The summed E-state index contributed by atoms with van der Waals surface area (Å²) in [7, 11) is 0. The lowest BCUT2D eigenvalue weighted by Crippen LogP contribution is -2.30.